The van der Waals surface area contributed by atoms with Crippen LogP contribution in [0.2, 0.25) is 0 Å². The third-order valence-electron chi connectivity index (χ3n) is 3.29. The molecule has 4 heteroatoms. The molecule has 20 heavy (non-hydrogen) atoms. The van der Waals surface area contributed by atoms with E-state index in [0.29, 0.717) is 18.2 Å². The molecule has 0 fully saturated rings. The van der Waals surface area contributed by atoms with E-state index in [9.17, 15) is 4.79 Å². The Morgan fingerprint density at radius 1 is 1.30 bits per heavy atom. The van der Waals surface area contributed by atoms with Gasteiger partial charge in [-0.05, 0) is 42.2 Å². The van der Waals surface area contributed by atoms with Crippen molar-refractivity contribution >= 4 is 5.91 Å². The molecular formula is C16H19NO3. The van der Waals surface area contributed by atoms with E-state index in [4.69, 9.17) is 9.15 Å². The van der Waals surface area contributed by atoms with E-state index in [0.717, 1.165) is 12.2 Å². The summed E-state index contributed by atoms with van der Waals surface area (Å²) < 4.78 is 10.2. The number of rotatable bonds is 6. The van der Waals surface area contributed by atoms with Gasteiger partial charge in [0, 0.05) is 6.54 Å². The summed E-state index contributed by atoms with van der Waals surface area (Å²) in [5.74, 6) is 1.41. The second kappa shape index (κ2) is 6.80. The Labute approximate surface area is 118 Å². The fraction of sp³-hybridized carbons (Fsp3) is 0.312. The average molecular weight is 273 g/mol. The molecule has 0 unspecified atom stereocenters. The van der Waals surface area contributed by atoms with Gasteiger partial charge in [-0.3, -0.25) is 4.79 Å². The molecule has 1 aromatic carbocycles. The molecule has 0 spiro atoms. The number of nitrogens with one attached hydrogen (secondary N) is 1. The van der Waals surface area contributed by atoms with E-state index in [1.54, 1.807) is 19.2 Å². The number of methoxy groups -OCH3 is 1. The van der Waals surface area contributed by atoms with Gasteiger partial charge >= 0.3 is 0 Å². The number of furan rings is 1. The van der Waals surface area contributed by atoms with E-state index in [2.05, 4.69) is 24.4 Å². The highest BCUT2D eigenvalue weighted by atomic mass is 16.5. The van der Waals surface area contributed by atoms with Crippen molar-refractivity contribution in [3.8, 4) is 5.75 Å². The van der Waals surface area contributed by atoms with Crippen LogP contribution in [0.15, 0.2) is 47.1 Å². The molecule has 0 aliphatic heterocycles. The van der Waals surface area contributed by atoms with E-state index >= 15 is 0 Å². The molecule has 1 amide bonds. The SMILES string of the molecule is COc1ccc([C@H](C)CCNC(=O)c2ccco2)cc1. The van der Waals surface area contributed by atoms with Crippen LogP contribution in [-0.4, -0.2) is 19.6 Å². The summed E-state index contributed by atoms with van der Waals surface area (Å²) in [5.41, 5.74) is 1.23. The molecule has 106 valence electrons. The molecule has 2 aromatic rings. The summed E-state index contributed by atoms with van der Waals surface area (Å²) >= 11 is 0. The van der Waals surface area contributed by atoms with Gasteiger partial charge in [0.2, 0.25) is 0 Å². The van der Waals surface area contributed by atoms with Gasteiger partial charge in [-0.25, -0.2) is 0 Å². The highest BCUT2D eigenvalue weighted by Gasteiger charge is 2.09. The zero-order valence-corrected chi connectivity index (χ0v) is 11.8. The Balaban J connectivity index is 1.79. The molecule has 0 radical (unpaired) electrons. The van der Waals surface area contributed by atoms with Crippen LogP contribution in [-0.2, 0) is 0 Å². The van der Waals surface area contributed by atoms with Crippen LogP contribution in [0.5, 0.6) is 5.75 Å². The molecule has 1 heterocycles. The minimum absolute atomic E-state index is 0.170. The molecule has 0 bridgehead atoms. The first-order valence-corrected chi connectivity index (χ1v) is 6.66. The molecular weight excluding hydrogens is 254 g/mol. The summed E-state index contributed by atoms with van der Waals surface area (Å²) in [6.45, 7) is 2.76. The van der Waals surface area contributed by atoms with E-state index in [1.165, 1.54) is 11.8 Å². The Hall–Kier alpha value is -2.23. The van der Waals surface area contributed by atoms with Crippen molar-refractivity contribution in [1.82, 2.24) is 5.32 Å². The molecule has 2 rings (SSSR count). The number of hydrogen-bond donors (Lipinski definition) is 1. The maximum atomic E-state index is 11.7. The van der Waals surface area contributed by atoms with Gasteiger partial charge < -0.3 is 14.5 Å². The minimum Gasteiger partial charge on any atom is -0.497 e. The number of ether oxygens (including phenoxy) is 1. The Kier molecular flexibility index (Phi) is 4.82. The Morgan fingerprint density at radius 3 is 2.65 bits per heavy atom. The molecule has 1 atom stereocenters. The van der Waals surface area contributed by atoms with Crippen LogP contribution < -0.4 is 10.1 Å². The zero-order chi connectivity index (χ0) is 14.4. The molecule has 1 N–H and O–H groups in total. The average Bonchev–Trinajstić information content (AvgIpc) is 3.01. The number of hydrogen-bond acceptors (Lipinski definition) is 3. The fourth-order valence-electron chi connectivity index (χ4n) is 2.00. The van der Waals surface area contributed by atoms with Crippen molar-refractivity contribution in [2.45, 2.75) is 19.3 Å². The van der Waals surface area contributed by atoms with E-state index in [1.807, 2.05) is 12.1 Å². The molecule has 1 aromatic heterocycles. The zero-order valence-electron chi connectivity index (χ0n) is 11.8. The first-order chi connectivity index (χ1) is 9.70. The summed E-state index contributed by atoms with van der Waals surface area (Å²) in [5, 5.41) is 2.85. The third kappa shape index (κ3) is 3.63. The molecule has 0 saturated heterocycles. The predicted octanol–water partition coefficient (Wildman–Crippen LogP) is 3.21. The van der Waals surface area contributed by atoms with Gasteiger partial charge in [0.1, 0.15) is 5.75 Å². The Bertz CT molecular complexity index is 531. The normalized spacial score (nSPS) is 11.9. The third-order valence-corrected chi connectivity index (χ3v) is 3.29. The highest BCUT2D eigenvalue weighted by molar-refractivity contribution is 5.91. The van der Waals surface area contributed by atoms with Crippen LogP contribution in [0.3, 0.4) is 0 Å². The van der Waals surface area contributed by atoms with E-state index < -0.39 is 0 Å². The maximum Gasteiger partial charge on any atom is 0.286 e. The standard InChI is InChI=1S/C16H19NO3/c1-12(13-5-7-14(19-2)8-6-13)9-10-17-16(18)15-4-3-11-20-15/h3-8,11-12H,9-10H2,1-2H3,(H,17,18)/t12-/m1/s1. The van der Waals surface area contributed by atoms with Crippen molar-refractivity contribution in [1.29, 1.82) is 0 Å². The second-order valence-corrected chi connectivity index (χ2v) is 4.70. The predicted molar refractivity (Wildman–Crippen MR) is 77.1 cm³/mol. The van der Waals surface area contributed by atoms with Crippen molar-refractivity contribution in [3.05, 3.63) is 54.0 Å². The summed E-state index contributed by atoms with van der Waals surface area (Å²) in [7, 11) is 1.66. The molecule has 0 saturated carbocycles. The second-order valence-electron chi connectivity index (χ2n) is 4.70. The quantitative estimate of drug-likeness (QED) is 0.879. The number of carbonyl (C=O) groups is 1. The van der Waals surface area contributed by atoms with Crippen molar-refractivity contribution in [2.75, 3.05) is 13.7 Å². The van der Waals surface area contributed by atoms with Gasteiger partial charge in [0.15, 0.2) is 5.76 Å². The fourth-order valence-corrected chi connectivity index (χ4v) is 2.00. The lowest BCUT2D eigenvalue weighted by Crippen LogP contribution is -2.24. The lowest BCUT2D eigenvalue weighted by atomic mass is 9.98. The van der Waals surface area contributed by atoms with Gasteiger partial charge in [0.05, 0.1) is 13.4 Å². The van der Waals surface area contributed by atoms with Crippen molar-refractivity contribution in [2.24, 2.45) is 0 Å². The largest absolute Gasteiger partial charge is 0.497 e. The topological polar surface area (TPSA) is 51.5 Å². The van der Waals surface area contributed by atoms with Crippen LogP contribution in [0.1, 0.15) is 35.4 Å². The van der Waals surface area contributed by atoms with Gasteiger partial charge in [-0.15, -0.1) is 0 Å². The van der Waals surface area contributed by atoms with Crippen molar-refractivity contribution in [3.63, 3.8) is 0 Å². The summed E-state index contributed by atoms with van der Waals surface area (Å²) in [6, 6.07) is 11.4. The summed E-state index contributed by atoms with van der Waals surface area (Å²) in [4.78, 5) is 11.7. The summed E-state index contributed by atoms with van der Waals surface area (Å²) in [6.07, 6.45) is 2.37. The number of amides is 1. The monoisotopic (exact) mass is 273 g/mol. The van der Waals surface area contributed by atoms with Gasteiger partial charge in [0.25, 0.3) is 5.91 Å². The first kappa shape index (κ1) is 14.2. The van der Waals surface area contributed by atoms with Crippen LogP contribution in [0.25, 0.3) is 0 Å². The van der Waals surface area contributed by atoms with E-state index in [-0.39, 0.29) is 5.91 Å². The van der Waals surface area contributed by atoms with Gasteiger partial charge in [-0.2, -0.15) is 0 Å². The van der Waals surface area contributed by atoms with Crippen LogP contribution in [0.4, 0.5) is 0 Å². The minimum atomic E-state index is -0.170. The van der Waals surface area contributed by atoms with Crippen LogP contribution in [0, 0.1) is 0 Å². The highest BCUT2D eigenvalue weighted by Crippen LogP contribution is 2.21. The van der Waals surface area contributed by atoms with Crippen LogP contribution >= 0.6 is 0 Å². The molecule has 4 nitrogen and oxygen atoms in total. The molecule has 0 aliphatic rings. The lowest BCUT2D eigenvalue weighted by molar-refractivity contribution is 0.0925. The number of carbonyl (C=O) groups excluding carboxylic acids is 1. The Morgan fingerprint density at radius 2 is 2.05 bits per heavy atom. The number of benzene rings is 1. The smallest absolute Gasteiger partial charge is 0.286 e. The van der Waals surface area contributed by atoms with Gasteiger partial charge in [-0.1, -0.05) is 19.1 Å². The molecule has 0 aliphatic carbocycles. The van der Waals surface area contributed by atoms with Crippen molar-refractivity contribution < 1.29 is 13.9 Å². The first-order valence-electron chi connectivity index (χ1n) is 6.66. The lowest BCUT2D eigenvalue weighted by Gasteiger charge is -2.12. The maximum absolute atomic E-state index is 11.7.